The molecule has 0 aliphatic rings. The van der Waals surface area contributed by atoms with E-state index in [-0.39, 0.29) is 36.4 Å². The molecular weight excluding hydrogens is 381 g/mol. The number of nitrogens with one attached hydrogen (secondary N) is 3. The summed E-state index contributed by atoms with van der Waals surface area (Å²) in [6.07, 6.45) is -3.51. The molecule has 0 unspecified atom stereocenters. The summed E-state index contributed by atoms with van der Waals surface area (Å²) < 4.78 is 37.3. The fourth-order valence-electron chi connectivity index (χ4n) is 2.05. The molecule has 2 amide bonds. The Morgan fingerprint density at radius 3 is 2.43 bits per heavy atom. The van der Waals surface area contributed by atoms with Crippen LogP contribution < -0.4 is 21.7 Å². The van der Waals surface area contributed by atoms with Crippen LogP contribution in [0.1, 0.15) is 20.7 Å². The van der Waals surface area contributed by atoms with Gasteiger partial charge in [0.05, 0.1) is 12.2 Å². The number of carbonyl (C=O) groups is 2. The number of carbonyl (C=O) groups excluding carboxylic acids is 2. The van der Waals surface area contributed by atoms with Gasteiger partial charge < -0.3 is 26.8 Å². The van der Waals surface area contributed by atoms with E-state index in [0.29, 0.717) is 11.3 Å². The Morgan fingerprint density at radius 1 is 1.18 bits per heavy atom. The number of hydrogen-bond donors (Lipinski definition) is 5. The number of hydrogen-bond acceptors (Lipinski definition) is 7. The number of aliphatic hydroxyl groups excluding tert-OH is 1. The van der Waals surface area contributed by atoms with Crippen molar-refractivity contribution in [2.24, 2.45) is 5.73 Å². The molecule has 28 heavy (non-hydrogen) atoms. The summed E-state index contributed by atoms with van der Waals surface area (Å²) in [5.74, 6) is -1.79. The van der Waals surface area contributed by atoms with Crippen molar-refractivity contribution >= 4 is 29.3 Å². The lowest BCUT2D eigenvalue weighted by Crippen LogP contribution is -2.26. The minimum absolute atomic E-state index is 0.0767. The normalized spacial score (nSPS) is 11.0. The third-order valence-electron chi connectivity index (χ3n) is 3.31. The zero-order valence-electron chi connectivity index (χ0n) is 14.4. The van der Waals surface area contributed by atoms with Crippen LogP contribution in [0.2, 0.25) is 0 Å². The number of amides is 2. The van der Waals surface area contributed by atoms with E-state index in [1.54, 1.807) is 0 Å². The highest BCUT2D eigenvalue weighted by molar-refractivity contribution is 5.97. The van der Waals surface area contributed by atoms with Gasteiger partial charge in [-0.1, -0.05) is 0 Å². The zero-order chi connectivity index (χ0) is 20.7. The molecule has 0 fully saturated rings. The van der Waals surface area contributed by atoms with Crippen molar-refractivity contribution in [1.29, 1.82) is 0 Å². The summed E-state index contributed by atoms with van der Waals surface area (Å²) in [6, 6.07) is 6.05. The van der Waals surface area contributed by atoms with Gasteiger partial charge in [0.25, 0.3) is 11.8 Å². The molecule has 6 N–H and O–H groups in total. The van der Waals surface area contributed by atoms with Gasteiger partial charge in [0.15, 0.2) is 0 Å². The van der Waals surface area contributed by atoms with Gasteiger partial charge in [0.2, 0.25) is 5.95 Å². The summed E-state index contributed by atoms with van der Waals surface area (Å²) >= 11 is 0. The number of primary amides is 1. The average molecular weight is 398 g/mol. The summed E-state index contributed by atoms with van der Waals surface area (Å²) in [7, 11) is 0. The van der Waals surface area contributed by atoms with E-state index in [4.69, 9.17) is 10.8 Å². The van der Waals surface area contributed by atoms with E-state index < -0.39 is 18.6 Å². The van der Waals surface area contributed by atoms with Crippen LogP contribution in [0.4, 0.5) is 30.6 Å². The lowest BCUT2D eigenvalue weighted by atomic mass is 10.2. The molecule has 2 rings (SSSR count). The summed E-state index contributed by atoms with van der Waals surface area (Å²) in [4.78, 5) is 30.8. The summed E-state index contributed by atoms with van der Waals surface area (Å²) in [6.45, 7) is -1.47. The molecule has 0 atom stereocenters. The highest BCUT2D eigenvalue weighted by Gasteiger charge is 2.28. The maximum atomic E-state index is 12.4. The number of nitrogens with zero attached hydrogens (tertiary/aromatic N) is 2. The molecule has 1 aromatic carbocycles. The van der Waals surface area contributed by atoms with Crippen molar-refractivity contribution in [3.8, 4) is 0 Å². The van der Waals surface area contributed by atoms with Gasteiger partial charge >= 0.3 is 6.18 Å². The number of aliphatic hydroxyl groups is 1. The van der Waals surface area contributed by atoms with Crippen LogP contribution in [0, 0.1) is 0 Å². The van der Waals surface area contributed by atoms with Crippen molar-refractivity contribution in [2.75, 3.05) is 30.3 Å². The second-order valence-corrected chi connectivity index (χ2v) is 5.47. The van der Waals surface area contributed by atoms with Crippen LogP contribution >= 0.6 is 0 Å². The average Bonchev–Trinajstić information content (AvgIpc) is 2.64. The second-order valence-electron chi connectivity index (χ2n) is 5.47. The van der Waals surface area contributed by atoms with Crippen LogP contribution in [-0.2, 0) is 0 Å². The van der Waals surface area contributed by atoms with Crippen molar-refractivity contribution < 1.29 is 27.9 Å². The van der Waals surface area contributed by atoms with Gasteiger partial charge in [-0.3, -0.25) is 9.59 Å². The Labute approximate surface area is 157 Å². The molecule has 0 bridgehead atoms. The minimum atomic E-state index is -4.51. The van der Waals surface area contributed by atoms with Crippen LogP contribution in [0.3, 0.4) is 0 Å². The number of aromatic nitrogens is 2. The Hall–Kier alpha value is -3.41. The molecular formula is C16H17F3N6O3. The van der Waals surface area contributed by atoms with Crippen LogP contribution in [0.15, 0.2) is 30.5 Å². The number of rotatable bonds is 8. The highest BCUT2D eigenvalue weighted by atomic mass is 19.4. The molecule has 1 aromatic heterocycles. The lowest BCUT2D eigenvalue weighted by molar-refractivity contribution is -0.115. The lowest BCUT2D eigenvalue weighted by Gasteiger charge is -2.13. The maximum absolute atomic E-state index is 12.4. The van der Waals surface area contributed by atoms with Gasteiger partial charge in [-0.2, -0.15) is 18.2 Å². The van der Waals surface area contributed by atoms with Gasteiger partial charge in [-0.15, -0.1) is 0 Å². The monoisotopic (exact) mass is 398 g/mol. The Morgan fingerprint density at radius 2 is 1.86 bits per heavy atom. The fraction of sp³-hybridized carbons (Fsp3) is 0.250. The summed E-state index contributed by atoms with van der Waals surface area (Å²) in [5, 5.41) is 15.9. The van der Waals surface area contributed by atoms with Crippen molar-refractivity contribution in [2.45, 2.75) is 6.18 Å². The fourth-order valence-corrected chi connectivity index (χ4v) is 2.05. The zero-order valence-corrected chi connectivity index (χ0v) is 14.4. The third-order valence-corrected chi connectivity index (χ3v) is 3.31. The van der Waals surface area contributed by atoms with E-state index in [1.165, 1.54) is 24.3 Å². The van der Waals surface area contributed by atoms with Crippen LogP contribution in [-0.4, -0.2) is 52.8 Å². The van der Waals surface area contributed by atoms with Gasteiger partial charge in [0.1, 0.15) is 12.4 Å². The first kappa shape index (κ1) is 20.9. The van der Waals surface area contributed by atoms with E-state index in [2.05, 4.69) is 20.6 Å². The highest BCUT2D eigenvalue weighted by Crippen LogP contribution is 2.20. The minimum Gasteiger partial charge on any atom is -0.395 e. The maximum Gasteiger partial charge on any atom is 0.405 e. The Balaban J connectivity index is 2.15. The molecule has 0 aliphatic carbocycles. The van der Waals surface area contributed by atoms with Gasteiger partial charge in [-0.25, -0.2) is 4.98 Å². The molecule has 1 heterocycles. The van der Waals surface area contributed by atoms with Crippen molar-refractivity contribution in [3.05, 3.63) is 41.6 Å². The molecule has 0 radical (unpaired) electrons. The first-order valence-electron chi connectivity index (χ1n) is 7.93. The van der Waals surface area contributed by atoms with Gasteiger partial charge in [-0.05, 0) is 24.3 Å². The number of alkyl halides is 3. The molecule has 12 heteroatoms. The Kier molecular flexibility index (Phi) is 6.71. The molecule has 9 nitrogen and oxygen atoms in total. The second kappa shape index (κ2) is 8.99. The predicted molar refractivity (Wildman–Crippen MR) is 94.2 cm³/mol. The quantitative estimate of drug-likeness (QED) is 0.447. The first-order chi connectivity index (χ1) is 13.2. The standard InChI is InChI=1S/C16H17F3N6O3/c17-16(18,19)8-23-13-11(12(20)27)7-22-15(25-13)24-10-3-1-9(2-4-10)14(28)21-5-6-26/h1-4,7,26H,5-6,8H2,(H2,20,27)(H,21,28)(H2,22,23,24,25). The van der Waals surface area contributed by atoms with E-state index in [0.717, 1.165) is 6.20 Å². The largest absolute Gasteiger partial charge is 0.405 e. The molecule has 2 aromatic rings. The molecule has 0 saturated heterocycles. The van der Waals surface area contributed by atoms with Gasteiger partial charge in [0, 0.05) is 24.0 Å². The topological polar surface area (TPSA) is 142 Å². The number of benzene rings is 1. The SMILES string of the molecule is NC(=O)c1cnc(Nc2ccc(C(=O)NCCO)cc2)nc1NCC(F)(F)F. The molecule has 0 spiro atoms. The smallest absolute Gasteiger partial charge is 0.395 e. The molecule has 0 aliphatic heterocycles. The number of nitrogens with two attached hydrogens (primary N) is 1. The van der Waals surface area contributed by atoms with Crippen molar-refractivity contribution in [3.63, 3.8) is 0 Å². The first-order valence-corrected chi connectivity index (χ1v) is 7.93. The van der Waals surface area contributed by atoms with Crippen molar-refractivity contribution in [1.82, 2.24) is 15.3 Å². The van der Waals surface area contributed by atoms with E-state index in [9.17, 15) is 22.8 Å². The molecule has 0 saturated carbocycles. The van der Waals surface area contributed by atoms with Crippen LogP contribution in [0.5, 0.6) is 0 Å². The van der Waals surface area contributed by atoms with E-state index in [1.807, 2.05) is 5.32 Å². The van der Waals surface area contributed by atoms with E-state index >= 15 is 0 Å². The third kappa shape index (κ3) is 6.09. The summed E-state index contributed by atoms with van der Waals surface area (Å²) in [5.41, 5.74) is 5.63. The predicted octanol–water partition coefficient (Wildman–Crippen LogP) is 1.02. The number of anilines is 3. The molecule has 150 valence electrons. The van der Waals surface area contributed by atoms with Crippen LogP contribution in [0.25, 0.3) is 0 Å². The Bertz CT molecular complexity index is 843. The number of halogens is 3.